The third kappa shape index (κ3) is 3.70. The number of urea groups is 1. The Labute approximate surface area is 114 Å². The Morgan fingerprint density at radius 3 is 3.00 bits per heavy atom. The monoisotopic (exact) mass is 262 g/mol. The summed E-state index contributed by atoms with van der Waals surface area (Å²) in [7, 11) is 0. The Morgan fingerprint density at radius 2 is 2.32 bits per heavy atom. The molecular weight excluding hydrogens is 240 g/mol. The van der Waals surface area contributed by atoms with E-state index in [1.165, 1.54) is 6.42 Å². The van der Waals surface area contributed by atoms with Crippen LogP contribution in [0.15, 0.2) is 24.3 Å². The largest absolute Gasteiger partial charge is 0.389 e. The van der Waals surface area contributed by atoms with E-state index in [0.717, 1.165) is 30.8 Å². The van der Waals surface area contributed by atoms with Gasteiger partial charge in [0, 0.05) is 18.8 Å². The third-order valence-corrected chi connectivity index (χ3v) is 3.56. The molecule has 4 nitrogen and oxygen atoms in total. The number of carbonyl (C=O) groups is 1. The smallest absolute Gasteiger partial charge is 0.321 e. The lowest BCUT2D eigenvalue weighted by Crippen LogP contribution is -2.41. The van der Waals surface area contributed by atoms with Crippen LogP contribution in [0.1, 0.15) is 38.4 Å². The molecule has 0 saturated carbocycles. The fourth-order valence-electron chi connectivity index (χ4n) is 2.45. The molecule has 0 bridgehead atoms. The minimum atomic E-state index is -0.521. The number of rotatable bonds is 2. The van der Waals surface area contributed by atoms with E-state index >= 15 is 0 Å². The Hall–Kier alpha value is -1.55. The number of hydrogen-bond acceptors (Lipinski definition) is 2. The van der Waals surface area contributed by atoms with E-state index in [1.54, 1.807) is 6.92 Å². The highest BCUT2D eigenvalue weighted by molar-refractivity contribution is 5.89. The molecule has 2 N–H and O–H groups in total. The van der Waals surface area contributed by atoms with Gasteiger partial charge >= 0.3 is 6.03 Å². The number of piperidine rings is 1. The standard InChI is InChI=1S/C15H22N2O2/c1-11-5-4-8-17(10-11)15(19)16-14-7-3-6-13(9-14)12(2)18/h3,6-7,9,11-12,18H,4-5,8,10H2,1-2H3,(H,16,19). The Morgan fingerprint density at radius 1 is 1.53 bits per heavy atom. The lowest BCUT2D eigenvalue weighted by molar-refractivity contribution is 0.182. The maximum Gasteiger partial charge on any atom is 0.321 e. The minimum Gasteiger partial charge on any atom is -0.389 e. The minimum absolute atomic E-state index is 0.0470. The van der Waals surface area contributed by atoms with Gasteiger partial charge in [-0.25, -0.2) is 4.79 Å². The molecule has 0 spiro atoms. The average molecular weight is 262 g/mol. The van der Waals surface area contributed by atoms with Gasteiger partial charge in [0.05, 0.1) is 6.10 Å². The first-order valence-electron chi connectivity index (χ1n) is 6.90. The van der Waals surface area contributed by atoms with Gasteiger partial charge in [-0.05, 0) is 43.4 Å². The number of hydrogen-bond donors (Lipinski definition) is 2. The lowest BCUT2D eigenvalue weighted by Gasteiger charge is -2.31. The summed E-state index contributed by atoms with van der Waals surface area (Å²) in [4.78, 5) is 14.0. The van der Waals surface area contributed by atoms with E-state index in [-0.39, 0.29) is 6.03 Å². The number of nitrogens with one attached hydrogen (secondary N) is 1. The molecule has 19 heavy (non-hydrogen) atoms. The van der Waals surface area contributed by atoms with Crippen molar-refractivity contribution in [2.45, 2.75) is 32.8 Å². The summed E-state index contributed by atoms with van der Waals surface area (Å²) >= 11 is 0. The Balaban J connectivity index is 2.00. The summed E-state index contributed by atoms with van der Waals surface area (Å²) in [5.41, 5.74) is 1.55. The predicted molar refractivity (Wildman–Crippen MR) is 76.1 cm³/mol. The number of likely N-dealkylation sites (tertiary alicyclic amines) is 1. The van der Waals surface area contributed by atoms with Crippen LogP contribution in [-0.2, 0) is 0 Å². The zero-order chi connectivity index (χ0) is 13.8. The van der Waals surface area contributed by atoms with Crippen molar-refractivity contribution in [1.29, 1.82) is 0 Å². The molecule has 0 radical (unpaired) electrons. The molecule has 2 rings (SSSR count). The summed E-state index contributed by atoms with van der Waals surface area (Å²) in [5.74, 6) is 0.572. The molecule has 0 aromatic heterocycles. The molecular formula is C15H22N2O2. The number of benzene rings is 1. The second kappa shape index (κ2) is 6.06. The zero-order valence-corrected chi connectivity index (χ0v) is 11.6. The molecule has 1 aliphatic heterocycles. The number of nitrogens with zero attached hydrogens (tertiary/aromatic N) is 1. The van der Waals surface area contributed by atoms with Gasteiger partial charge in [-0.15, -0.1) is 0 Å². The summed E-state index contributed by atoms with van der Waals surface area (Å²) in [6.45, 7) is 5.54. The van der Waals surface area contributed by atoms with Crippen LogP contribution in [0, 0.1) is 5.92 Å². The SMILES string of the molecule is CC1CCCN(C(=O)Nc2cccc(C(C)O)c2)C1. The molecule has 0 aliphatic carbocycles. The second-order valence-electron chi connectivity index (χ2n) is 5.43. The Kier molecular flexibility index (Phi) is 4.43. The van der Waals surface area contributed by atoms with Crippen molar-refractivity contribution in [3.8, 4) is 0 Å². The number of aliphatic hydroxyl groups is 1. The highest BCUT2D eigenvalue weighted by Gasteiger charge is 2.20. The Bertz CT molecular complexity index is 446. The van der Waals surface area contributed by atoms with Crippen molar-refractivity contribution < 1.29 is 9.90 Å². The van der Waals surface area contributed by atoms with Crippen LogP contribution in [0.5, 0.6) is 0 Å². The summed E-state index contributed by atoms with van der Waals surface area (Å²) in [6.07, 6.45) is 1.75. The molecule has 4 heteroatoms. The molecule has 1 aliphatic rings. The maximum atomic E-state index is 12.1. The van der Waals surface area contributed by atoms with Crippen LogP contribution in [0.25, 0.3) is 0 Å². The van der Waals surface area contributed by atoms with Gasteiger partial charge in [-0.3, -0.25) is 0 Å². The zero-order valence-electron chi connectivity index (χ0n) is 11.6. The fourth-order valence-corrected chi connectivity index (χ4v) is 2.45. The van der Waals surface area contributed by atoms with E-state index in [0.29, 0.717) is 5.92 Å². The van der Waals surface area contributed by atoms with Crippen LogP contribution in [0.3, 0.4) is 0 Å². The molecule has 1 fully saturated rings. The van der Waals surface area contributed by atoms with Gasteiger partial charge in [0.25, 0.3) is 0 Å². The van der Waals surface area contributed by atoms with E-state index in [4.69, 9.17) is 0 Å². The van der Waals surface area contributed by atoms with Crippen LogP contribution in [0.4, 0.5) is 10.5 Å². The van der Waals surface area contributed by atoms with Gasteiger partial charge in [0.15, 0.2) is 0 Å². The van der Waals surface area contributed by atoms with Crippen molar-refractivity contribution in [1.82, 2.24) is 4.90 Å². The second-order valence-corrected chi connectivity index (χ2v) is 5.43. The molecule has 104 valence electrons. The van der Waals surface area contributed by atoms with Crippen molar-refractivity contribution in [3.05, 3.63) is 29.8 Å². The lowest BCUT2D eigenvalue weighted by atomic mass is 10.0. The quantitative estimate of drug-likeness (QED) is 0.860. The molecule has 1 aromatic carbocycles. The highest BCUT2D eigenvalue weighted by atomic mass is 16.3. The molecule has 2 atom stereocenters. The first kappa shape index (κ1) is 13.9. The number of carbonyl (C=O) groups excluding carboxylic acids is 1. The third-order valence-electron chi connectivity index (χ3n) is 3.56. The normalized spacial score (nSPS) is 21.0. The van der Waals surface area contributed by atoms with E-state index in [1.807, 2.05) is 29.2 Å². The van der Waals surface area contributed by atoms with Crippen molar-refractivity contribution in [2.24, 2.45) is 5.92 Å². The highest BCUT2D eigenvalue weighted by Crippen LogP contribution is 2.19. The van der Waals surface area contributed by atoms with Crippen molar-refractivity contribution >= 4 is 11.7 Å². The van der Waals surface area contributed by atoms with E-state index in [2.05, 4.69) is 12.2 Å². The number of anilines is 1. The van der Waals surface area contributed by atoms with Gasteiger partial charge in [0.2, 0.25) is 0 Å². The molecule has 2 amide bonds. The van der Waals surface area contributed by atoms with Crippen LogP contribution in [0.2, 0.25) is 0 Å². The first-order chi connectivity index (χ1) is 9.06. The van der Waals surface area contributed by atoms with Gasteiger partial charge in [0.1, 0.15) is 0 Å². The molecule has 1 saturated heterocycles. The van der Waals surface area contributed by atoms with Gasteiger partial charge in [-0.2, -0.15) is 0 Å². The summed E-state index contributed by atoms with van der Waals surface area (Å²) in [6, 6.07) is 7.31. The fraction of sp³-hybridized carbons (Fsp3) is 0.533. The van der Waals surface area contributed by atoms with E-state index in [9.17, 15) is 9.90 Å². The van der Waals surface area contributed by atoms with Crippen molar-refractivity contribution in [3.63, 3.8) is 0 Å². The van der Waals surface area contributed by atoms with Gasteiger partial charge in [-0.1, -0.05) is 19.1 Å². The van der Waals surface area contributed by atoms with Crippen LogP contribution < -0.4 is 5.32 Å². The first-order valence-corrected chi connectivity index (χ1v) is 6.90. The molecule has 1 heterocycles. The topological polar surface area (TPSA) is 52.6 Å². The molecule has 1 aromatic rings. The van der Waals surface area contributed by atoms with Gasteiger partial charge < -0.3 is 15.3 Å². The van der Waals surface area contributed by atoms with Crippen LogP contribution >= 0.6 is 0 Å². The number of amides is 2. The number of aliphatic hydroxyl groups excluding tert-OH is 1. The summed E-state index contributed by atoms with van der Waals surface area (Å²) in [5, 5.41) is 12.4. The van der Waals surface area contributed by atoms with E-state index < -0.39 is 6.10 Å². The summed E-state index contributed by atoms with van der Waals surface area (Å²) < 4.78 is 0. The molecule has 2 unspecified atom stereocenters. The van der Waals surface area contributed by atoms with Crippen LogP contribution in [-0.4, -0.2) is 29.1 Å². The average Bonchev–Trinajstić information content (AvgIpc) is 2.39. The predicted octanol–water partition coefficient (Wildman–Crippen LogP) is 3.00. The van der Waals surface area contributed by atoms with Crippen molar-refractivity contribution in [2.75, 3.05) is 18.4 Å². The maximum absolute atomic E-state index is 12.1.